The summed E-state index contributed by atoms with van der Waals surface area (Å²) in [5, 5.41) is 2.91. The summed E-state index contributed by atoms with van der Waals surface area (Å²) in [5.74, 6) is 1.48. The molecule has 24 heavy (non-hydrogen) atoms. The molecule has 0 radical (unpaired) electrons. The minimum Gasteiger partial charge on any atom is -0.496 e. The predicted octanol–water partition coefficient (Wildman–Crippen LogP) is 4.19. The van der Waals surface area contributed by atoms with Crippen LogP contribution < -0.4 is 14.8 Å². The molecule has 1 aromatic rings. The lowest BCUT2D eigenvalue weighted by molar-refractivity contribution is 0.0502. The first kappa shape index (κ1) is 19.9. The first-order valence-corrected chi connectivity index (χ1v) is 8.10. The van der Waals surface area contributed by atoms with Crippen molar-refractivity contribution < 1.29 is 19.0 Å². The molecule has 0 aliphatic rings. The van der Waals surface area contributed by atoms with Crippen molar-refractivity contribution in [1.82, 2.24) is 5.32 Å². The highest BCUT2D eigenvalue weighted by Crippen LogP contribution is 2.30. The molecule has 1 N–H and O–H groups in total. The maximum absolute atomic E-state index is 12.0. The van der Waals surface area contributed by atoms with Gasteiger partial charge in [0.25, 0.3) is 0 Å². The van der Waals surface area contributed by atoms with Crippen LogP contribution in [0.2, 0.25) is 0 Å². The fourth-order valence-corrected chi connectivity index (χ4v) is 2.34. The lowest BCUT2D eigenvalue weighted by atomic mass is 10.0. The average molecular weight is 335 g/mol. The molecule has 1 amide bonds. The van der Waals surface area contributed by atoms with Gasteiger partial charge >= 0.3 is 6.09 Å². The summed E-state index contributed by atoms with van der Waals surface area (Å²) in [5.41, 5.74) is 1.31. The second-order valence-corrected chi connectivity index (χ2v) is 6.57. The lowest BCUT2D eigenvalue weighted by Gasteiger charge is -2.24. The van der Waals surface area contributed by atoms with Gasteiger partial charge in [-0.15, -0.1) is 0 Å². The van der Waals surface area contributed by atoms with Crippen LogP contribution in [0.5, 0.6) is 11.5 Å². The Morgan fingerprint density at radius 3 is 2.33 bits per heavy atom. The summed E-state index contributed by atoms with van der Waals surface area (Å²) in [6.45, 7) is 11.3. The number of nitrogens with one attached hydrogen (secondary N) is 1. The van der Waals surface area contributed by atoms with Gasteiger partial charge in [0.05, 0.1) is 14.2 Å². The minimum atomic E-state index is -0.519. The Morgan fingerprint density at radius 1 is 1.25 bits per heavy atom. The van der Waals surface area contributed by atoms with Crippen LogP contribution in [0, 0.1) is 0 Å². The molecule has 1 atom stereocenters. The SMILES string of the molecule is C=Cc1cc(OC)c(CC(CC)NC(=O)OC(C)(C)C)cc1OC. The molecular weight excluding hydrogens is 306 g/mol. The molecule has 0 aromatic heterocycles. The molecule has 1 rings (SSSR count). The molecule has 0 saturated heterocycles. The van der Waals surface area contributed by atoms with Crippen molar-refractivity contribution >= 4 is 12.2 Å². The van der Waals surface area contributed by atoms with Crippen LogP contribution in [0.3, 0.4) is 0 Å². The second kappa shape index (κ2) is 8.62. The quantitative estimate of drug-likeness (QED) is 0.811. The van der Waals surface area contributed by atoms with E-state index in [-0.39, 0.29) is 6.04 Å². The highest BCUT2D eigenvalue weighted by molar-refractivity contribution is 5.68. The van der Waals surface area contributed by atoms with Crippen LogP contribution in [-0.4, -0.2) is 32.0 Å². The van der Waals surface area contributed by atoms with E-state index in [9.17, 15) is 4.79 Å². The highest BCUT2D eigenvalue weighted by Gasteiger charge is 2.20. The third kappa shape index (κ3) is 5.80. The third-order valence-electron chi connectivity index (χ3n) is 3.53. The largest absolute Gasteiger partial charge is 0.496 e. The zero-order valence-corrected chi connectivity index (χ0v) is 15.6. The van der Waals surface area contributed by atoms with E-state index in [2.05, 4.69) is 11.9 Å². The van der Waals surface area contributed by atoms with E-state index in [1.54, 1.807) is 20.3 Å². The Labute approximate surface area is 145 Å². The van der Waals surface area contributed by atoms with Gasteiger partial charge in [0.1, 0.15) is 17.1 Å². The number of hydrogen-bond donors (Lipinski definition) is 1. The number of amides is 1. The summed E-state index contributed by atoms with van der Waals surface area (Å²) < 4.78 is 16.2. The van der Waals surface area contributed by atoms with Crippen molar-refractivity contribution in [3.8, 4) is 11.5 Å². The number of hydrogen-bond acceptors (Lipinski definition) is 4. The number of methoxy groups -OCH3 is 2. The Bertz CT molecular complexity index is 575. The van der Waals surface area contributed by atoms with Gasteiger partial charge in [-0.05, 0) is 51.3 Å². The fourth-order valence-electron chi connectivity index (χ4n) is 2.34. The predicted molar refractivity (Wildman–Crippen MR) is 96.8 cm³/mol. The van der Waals surface area contributed by atoms with E-state index in [0.717, 1.165) is 29.0 Å². The van der Waals surface area contributed by atoms with Gasteiger partial charge < -0.3 is 19.5 Å². The van der Waals surface area contributed by atoms with Crippen LogP contribution in [0.4, 0.5) is 4.79 Å². The van der Waals surface area contributed by atoms with Gasteiger partial charge in [-0.1, -0.05) is 19.6 Å². The summed E-state index contributed by atoms with van der Waals surface area (Å²) in [7, 11) is 3.25. The van der Waals surface area contributed by atoms with Gasteiger partial charge in [0.15, 0.2) is 0 Å². The maximum atomic E-state index is 12.0. The number of carbonyl (C=O) groups excluding carboxylic acids is 1. The van der Waals surface area contributed by atoms with E-state index in [1.165, 1.54) is 0 Å². The van der Waals surface area contributed by atoms with Gasteiger partial charge in [-0.3, -0.25) is 0 Å². The number of rotatable bonds is 7. The van der Waals surface area contributed by atoms with Crippen molar-refractivity contribution in [2.24, 2.45) is 0 Å². The molecule has 0 fully saturated rings. The van der Waals surface area contributed by atoms with Crippen molar-refractivity contribution in [2.75, 3.05) is 14.2 Å². The van der Waals surface area contributed by atoms with E-state index in [1.807, 2.05) is 39.8 Å². The summed E-state index contributed by atoms with van der Waals surface area (Å²) in [6.07, 6.45) is 2.70. The van der Waals surface area contributed by atoms with Crippen molar-refractivity contribution in [3.63, 3.8) is 0 Å². The molecule has 1 aromatic carbocycles. The zero-order valence-electron chi connectivity index (χ0n) is 15.6. The minimum absolute atomic E-state index is 0.0620. The molecular formula is C19H29NO4. The molecule has 0 aliphatic carbocycles. The molecule has 0 spiro atoms. The third-order valence-corrected chi connectivity index (χ3v) is 3.53. The van der Waals surface area contributed by atoms with Crippen molar-refractivity contribution in [2.45, 2.75) is 52.2 Å². The monoisotopic (exact) mass is 335 g/mol. The molecule has 0 bridgehead atoms. The number of ether oxygens (including phenoxy) is 3. The summed E-state index contributed by atoms with van der Waals surface area (Å²) in [4.78, 5) is 12.0. The lowest BCUT2D eigenvalue weighted by Crippen LogP contribution is -2.40. The van der Waals surface area contributed by atoms with Crippen LogP contribution in [0.15, 0.2) is 18.7 Å². The highest BCUT2D eigenvalue weighted by atomic mass is 16.6. The van der Waals surface area contributed by atoms with E-state index in [0.29, 0.717) is 6.42 Å². The normalized spacial score (nSPS) is 12.2. The maximum Gasteiger partial charge on any atom is 0.407 e. The molecule has 0 saturated carbocycles. The Balaban J connectivity index is 2.95. The summed E-state index contributed by atoms with van der Waals surface area (Å²) >= 11 is 0. The number of alkyl carbamates (subject to hydrolysis) is 1. The number of benzene rings is 1. The molecule has 5 heteroatoms. The van der Waals surface area contributed by atoms with Gasteiger partial charge in [-0.25, -0.2) is 4.79 Å². The number of carbonyl (C=O) groups is 1. The van der Waals surface area contributed by atoms with Crippen LogP contribution in [0.25, 0.3) is 6.08 Å². The Hall–Kier alpha value is -2.17. The summed E-state index contributed by atoms with van der Waals surface area (Å²) in [6, 6.07) is 3.75. The molecule has 0 aliphatic heterocycles. The Kier molecular flexibility index (Phi) is 7.14. The van der Waals surface area contributed by atoms with E-state index >= 15 is 0 Å². The average Bonchev–Trinajstić information content (AvgIpc) is 2.51. The zero-order chi connectivity index (χ0) is 18.3. The topological polar surface area (TPSA) is 56.8 Å². The molecule has 5 nitrogen and oxygen atoms in total. The fraction of sp³-hybridized carbons (Fsp3) is 0.526. The van der Waals surface area contributed by atoms with Crippen LogP contribution in [0.1, 0.15) is 45.2 Å². The Morgan fingerprint density at radius 2 is 1.88 bits per heavy atom. The first-order chi connectivity index (χ1) is 11.2. The van der Waals surface area contributed by atoms with Crippen LogP contribution in [-0.2, 0) is 11.2 Å². The standard InChI is InChI=1S/C19H29NO4/c1-8-13-11-17(23-7)14(12-16(13)22-6)10-15(9-2)20-18(21)24-19(3,4)5/h8,11-12,15H,1,9-10H2,2-7H3,(H,20,21). The molecule has 1 unspecified atom stereocenters. The first-order valence-electron chi connectivity index (χ1n) is 8.10. The van der Waals surface area contributed by atoms with Crippen molar-refractivity contribution in [3.05, 3.63) is 29.8 Å². The van der Waals surface area contributed by atoms with Crippen molar-refractivity contribution in [1.29, 1.82) is 0 Å². The van der Waals surface area contributed by atoms with Gasteiger partial charge in [0, 0.05) is 11.6 Å². The smallest absolute Gasteiger partial charge is 0.407 e. The van der Waals surface area contributed by atoms with E-state index in [4.69, 9.17) is 14.2 Å². The van der Waals surface area contributed by atoms with Crippen LogP contribution >= 0.6 is 0 Å². The molecule has 134 valence electrons. The van der Waals surface area contributed by atoms with E-state index < -0.39 is 11.7 Å². The molecule has 0 heterocycles. The van der Waals surface area contributed by atoms with Gasteiger partial charge in [-0.2, -0.15) is 0 Å². The second-order valence-electron chi connectivity index (χ2n) is 6.57. The van der Waals surface area contributed by atoms with Gasteiger partial charge in [0.2, 0.25) is 0 Å².